The molecule has 0 spiro atoms. The fourth-order valence-electron chi connectivity index (χ4n) is 4.12. The summed E-state index contributed by atoms with van der Waals surface area (Å²) in [6.07, 6.45) is 3.99. The Morgan fingerprint density at radius 2 is 1.86 bits per heavy atom. The van der Waals surface area contributed by atoms with Crippen molar-refractivity contribution in [2.45, 2.75) is 6.10 Å². The minimum Gasteiger partial charge on any atom is -0.476 e. The molecule has 0 aliphatic heterocycles. The van der Waals surface area contributed by atoms with E-state index in [4.69, 9.17) is 20.4 Å². The number of H-pyrrole nitrogens is 1. The highest BCUT2D eigenvalue weighted by molar-refractivity contribution is 5.93. The quantitative estimate of drug-likeness (QED) is 0.291. The van der Waals surface area contributed by atoms with Gasteiger partial charge in [-0.2, -0.15) is 5.10 Å². The first-order valence-corrected chi connectivity index (χ1v) is 11.6. The number of pyridine rings is 1. The van der Waals surface area contributed by atoms with Crippen molar-refractivity contribution in [1.29, 1.82) is 0 Å². The molecule has 6 rings (SSSR count). The lowest BCUT2D eigenvalue weighted by atomic mass is 10.1. The van der Waals surface area contributed by atoms with Gasteiger partial charge in [0.1, 0.15) is 11.6 Å². The Morgan fingerprint density at radius 3 is 2.73 bits per heavy atom. The van der Waals surface area contributed by atoms with E-state index in [0.29, 0.717) is 23.0 Å². The van der Waals surface area contributed by atoms with E-state index in [-0.39, 0.29) is 0 Å². The van der Waals surface area contributed by atoms with Gasteiger partial charge in [-0.25, -0.2) is 9.97 Å². The molecule has 3 aromatic heterocycles. The second kappa shape index (κ2) is 9.38. The van der Waals surface area contributed by atoms with E-state index in [0.717, 1.165) is 33.1 Å². The smallest absolute Gasteiger partial charge is 0.263 e. The number of ether oxygens (including phenoxy) is 1. The van der Waals surface area contributed by atoms with Crippen molar-refractivity contribution in [1.82, 2.24) is 25.1 Å². The number of para-hydroxylation sites is 1. The lowest BCUT2D eigenvalue weighted by Crippen LogP contribution is -2.26. The Morgan fingerprint density at radius 1 is 0.946 bits per heavy atom. The number of nitrogens with two attached hydrogens (primary N) is 1. The van der Waals surface area contributed by atoms with E-state index in [1.54, 1.807) is 42.9 Å². The first-order chi connectivity index (χ1) is 18.1. The van der Waals surface area contributed by atoms with Crippen molar-refractivity contribution >= 4 is 39.2 Å². The molecule has 37 heavy (non-hydrogen) atoms. The van der Waals surface area contributed by atoms with Gasteiger partial charge in [-0.3, -0.25) is 14.9 Å². The second-order valence-electron chi connectivity index (χ2n) is 8.42. The number of aromatic amines is 1. The minimum absolute atomic E-state index is 0.460. The van der Waals surface area contributed by atoms with E-state index >= 15 is 0 Å². The molecule has 9 heteroatoms. The van der Waals surface area contributed by atoms with Gasteiger partial charge in [0.05, 0.1) is 17.2 Å². The van der Waals surface area contributed by atoms with Crippen molar-refractivity contribution in [2.24, 2.45) is 5.73 Å². The molecule has 180 valence electrons. The van der Waals surface area contributed by atoms with Crippen LogP contribution in [0.3, 0.4) is 0 Å². The van der Waals surface area contributed by atoms with E-state index in [9.17, 15) is 4.79 Å². The highest BCUT2D eigenvalue weighted by atomic mass is 16.5. The minimum atomic E-state index is -0.975. The van der Waals surface area contributed by atoms with Crippen LogP contribution in [0, 0.1) is 0 Å². The molecule has 0 bridgehead atoms. The predicted molar refractivity (Wildman–Crippen MR) is 141 cm³/mol. The Bertz CT molecular complexity index is 1730. The molecule has 4 N–H and O–H groups in total. The Labute approximate surface area is 211 Å². The normalized spacial score (nSPS) is 11.9. The van der Waals surface area contributed by atoms with Crippen molar-refractivity contribution in [3.05, 3.63) is 103 Å². The summed E-state index contributed by atoms with van der Waals surface area (Å²) in [4.78, 5) is 25.8. The van der Waals surface area contributed by atoms with Gasteiger partial charge in [0.2, 0.25) is 6.10 Å². The molecular formula is C28H21N7O2. The summed E-state index contributed by atoms with van der Waals surface area (Å²) in [6, 6.07) is 24.5. The third kappa shape index (κ3) is 4.53. The van der Waals surface area contributed by atoms with Crippen LogP contribution in [0.25, 0.3) is 33.2 Å². The molecule has 3 aromatic carbocycles. The SMILES string of the molecule is NC(=O)C(Oc1cccc(-c2nc(Nc3ccc4[nH]ncc4c3)c3ccccc3n2)c1)c1cccnc1. The molecule has 0 aliphatic rings. The predicted octanol–water partition coefficient (Wildman–Crippen LogP) is 4.92. The van der Waals surface area contributed by atoms with Gasteiger partial charge in [-0.1, -0.05) is 30.3 Å². The van der Waals surface area contributed by atoms with Crippen LogP contribution in [-0.4, -0.2) is 31.1 Å². The van der Waals surface area contributed by atoms with Crippen molar-refractivity contribution in [3.63, 3.8) is 0 Å². The van der Waals surface area contributed by atoms with Gasteiger partial charge in [-0.05, 0) is 48.5 Å². The third-order valence-electron chi connectivity index (χ3n) is 5.90. The summed E-state index contributed by atoms with van der Waals surface area (Å²) in [5.41, 5.74) is 9.54. The van der Waals surface area contributed by atoms with Crippen molar-refractivity contribution in [2.75, 3.05) is 5.32 Å². The molecule has 0 radical (unpaired) electrons. The zero-order valence-electron chi connectivity index (χ0n) is 19.5. The van der Waals surface area contributed by atoms with Gasteiger partial charge in [0, 0.05) is 40.0 Å². The molecule has 0 saturated carbocycles. The van der Waals surface area contributed by atoms with E-state index in [2.05, 4.69) is 20.5 Å². The molecule has 3 heterocycles. The number of rotatable bonds is 7. The van der Waals surface area contributed by atoms with Gasteiger partial charge in [-0.15, -0.1) is 0 Å². The van der Waals surface area contributed by atoms with Gasteiger partial charge >= 0.3 is 0 Å². The maximum atomic E-state index is 12.1. The second-order valence-corrected chi connectivity index (χ2v) is 8.42. The number of nitrogens with zero attached hydrogens (tertiary/aromatic N) is 4. The Kier molecular flexibility index (Phi) is 5.62. The largest absolute Gasteiger partial charge is 0.476 e. The number of carbonyl (C=O) groups is 1. The van der Waals surface area contributed by atoms with Gasteiger partial charge < -0.3 is 15.8 Å². The molecule has 1 amide bonds. The fraction of sp³-hybridized carbons (Fsp3) is 0.0357. The number of nitrogens with one attached hydrogen (secondary N) is 2. The maximum Gasteiger partial charge on any atom is 0.263 e. The summed E-state index contributed by atoms with van der Waals surface area (Å²) < 4.78 is 5.98. The average molecular weight is 488 g/mol. The highest BCUT2D eigenvalue weighted by Gasteiger charge is 2.20. The summed E-state index contributed by atoms with van der Waals surface area (Å²) in [6.45, 7) is 0. The number of aromatic nitrogens is 5. The highest BCUT2D eigenvalue weighted by Crippen LogP contribution is 2.30. The van der Waals surface area contributed by atoms with Crippen LogP contribution in [0.1, 0.15) is 11.7 Å². The number of primary amides is 1. The first kappa shape index (κ1) is 22.2. The first-order valence-electron chi connectivity index (χ1n) is 11.6. The number of fused-ring (bicyclic) bond motifs is 2. The zero-order chi connectivity index (χ0) is 25.2. The summed E-state index contributed by atoms with van der Waals surface area (Å²) >= 11 is 0. The van der Waals surface area contributed by atoms with E-state index < -0.39 is 12.0 Å². The van der Waals surface area contributed by atoms with Crippen LogP contribution < -0.4 is 15.8 Å². The van der Waals surface area contributed by atoms with Crippen LogP contribution in [0.2, 0.25) is 0 Å². The molecular weight excluding hydrogens is 466 g/mol. The van der Waals surface area contributed by atoms with E-state index in [1.807, 2.05) is 54.6 Å². The van der Waals surface area contributed by atoms with Crippen molar-refractivity contribution < 1.29 is 9.53 Å². The Hall–Kier alpha value is -5.31. The number of hydrogen-bond donors (Lipinski definition) is 3. The number of carbonyl (C=O) groups excluding carboxylic acids is 1. The molecule has 9 nitrogen and oxygen atoms in total. The van der Waals surface area contributed by atoms with Crippen molar-refractivity contribution in [3.8, 4) is 17.1 Å². The third-order valence-corrected chi connectivity index (χ3v) is 5.90. The summed E-state index contributed by atoms with van der Waals surface area (Å²) in [5.74, 6) is 1.02. The summed E-state index contributed by atoms with van der Waals surface area (Å²) in [5, 5.41) is 12.4. The molecule has 0 aliphatic carbocycles. The number of benzene rings is 3. The van der Waals surface area contributed by atoms with Crippen LogP contribution in [0.5, 0.6) is 5.75 Å². The van der Waals surface area contributed by atoms with Crippen LogP contribution >= 0.6 is 0 Å². The van der Waals surface area contributed by atoms with Crippen LogP contribution in [0.4, 0.5) is 11.5 Å². The molecule has 6 aromatic rings. The van der Waals surface area contributed by atoms with Crippen LogP contribution in [0.15, 0.2) is 97.5 Å². The maximum absolute atomic E-state index is 12.1. The Balaban J connectivity index is 1.37. The molecule has 0 fully saturated rings. The fourth-order valence-corrected chi connectivity index (χ4v) is 4.12. The lowest BCUT2D eigenvalue weighted by molar-refractivity contribution is -0.125. The molecule has 0 saturated heterocycles. The monoisotopic (exact) mass is 487 g/mol. The lowest BCUT2D eigenvalue weighted by Gasteiger charge is -2.17. The average Bonchev–Trinajstić information content (AvgIpc) is 3.40. The number of amides is 1. The molecule has 1 unspecified atom stereocenters. The zero-order valence-corrected chi connectivity index (χ0v) is 19.5. The van der Waals surface area contributed by atoms with E-state index in [1.165, 1.54) is 0 Å². The standard InChI is InChI=1S/C28H21N7O2/c29-26(36)25(18-6-4-12-30-15-18)37-21-7-3-5-17(14-21)27-33-24-9-2-1-8-22(24)28(34-27)32-20-10-11-23-19(13-20)16-31-35-23/h1-16,25H,(H2,29,36)(H,31,35)(H,32,33,34). The number of hydrogen-bond acceptors (Lipinski definition) is 7. The topological polar surface area (TPSA) is 132 Å². The van der Waals surface area contributed by atoms with Gasteiger partial charge in [0.25, 0.3) is 5.91 Å². The summed E-state index contributed by atoms with van der Waals surface area (Å²) in [7, 11) is 0. The van der Waals surface area contributed by atoms with Crippen LogP contribution in [-0.2, 0) is 4.79 Å². The molecule has 1 atom stereocenters. The van der Waals surface area contributed by atoms with Gasteiger partial charge in [0.15, 0.2) is 5.82 Å². The number of anilines is 2.